The third-order valence-electron chi connectivity index (χ3n) is 6.07. The van der Waals surface area contributed by atoms with Gasteiger partial charge in [0.05, 0.1) is 16.8 Å². The molecule has 0 aliphatic carbocycles. The molecule has 1 aromatic heterocycles. The summed E-state index contributed by atoms with van der Waals surface area (Å²) in [5, 5.41) is 6.87. The van der Waals surface area contributed by atoms with Crippen molar-refractivity contribution in [1.29, 1.82) is 0 Å². The molecule has 0 amide bonds. The first kappa shape index (κ1) is 25.1. The number of anilines is 1. The van der Waals surface area contributed by atoms with Crippen molar-refractivity contribution < 1.29 is 13.2 Å². The van der Waals surface area contributed by atoms with Crippen LogP contribution in [0.5, 0.6) is 11.5 Å². The molecule has 0 spiro atoms. The van der Waals surface area contributed by atoms with Crippen LogP contribution in [-0.4, -0.2) is 37.0 Å². The highest BCUT2D eigenvalue weighted by Gasteiger charge is 2.25. The van der Waals surface area contributed by atoms with E-state index in [1.165, 1.54) is 11.3 Å². The van der Waals surface area contributed by atoms with E-state index in [9.17, 15) is 8.42 Å². The van der Waals surface area contributed by atoms with Crippen molar-refractivity contribution in [2.45, 2.75) is 30.6 Å². The van der Waals surface area contributed by atoms with Crippen molar-refractivity contribution >= 4 is 32.7 Å². The second-order valence-corrected chi connectivity index (χ2v) is 11.5. The van der Waals surface area contributed by atoms with Gasteiger partial charge < -0.3 is 4.74 Å². The zero-order valence-electron chi connectivity index (χ0n) is 20.3. The molecular formula is C28H28N4O3S2. The summed E-state index contributed by atoms with van der Waals surface area (Å²) in [6.07, 6.45) is 5.72. The SMILES string of the molecule is O=S(=O)(c1ccc(-c2csc(NN=Cc3cccc(Oc4ccccc4)c3)n2)cc1)N1CCCCCC1. The van der Waals surface area contributed by atoms with Crippen molar-refractivity contribution in [3.8, 4) is 22.8 Å². The molecule has 4 aromatic rings. The molecule has 1 fully saturated rings. The fourth-order valence-electron chi connectivity index (χ4n) is 4.13. The molecule has 1 saturated heterocycles. The molecule has 1 N–H and O–H groups in total. The largest absolute Gasteiger partial charge is 0.457 e. The van der Waals surface area contributed by atoms with Crippen molar-refractivity contribution in [3.05, 3.63) is 89.8 Å². The molecule has 190 valence electrons. The molecule has 1 aliphatic rings. The minimum atomic E-state index is -3.46. The Labute approximate surface area is 221 Å². The standard InChI is InChI=1S/C28H28N4O3S2/c33-37(34,32-17-6-1-2-7-18-32)26-15-13-23(14-16-26)27-21-36-28(30-27)31-29-20-22-9-8-12-25(19-22)35-24-10-4-3-5-11-24/h3-5,8-16,19-21H,1-2,6-7,17-18H2,(H,30,31). The summed E-state index contributed by atoms with van der Waals surface area (Å²) in [4.78, 5) is 4.92. The number of nitrogens with zero attached hydrogens (tertiary/aromatic N) is 3. The maximum absolute atomic E-state index is 13.0. The van der Waals surface area contributed by atoms with Gasteiger partial charge in [-0.05, 0) is 54.8 Å². The molecule has 3 aromatic carbocycles. The Morgan fingerprint density at radius 3 is 2.38 bits per heavy atom. The lowest BCUT2D eigenvalue weighted by Gasteiger charge is -2.19. The summed E-state index contributed by atoms with van der Waals surface area (Å²) in [6, 6.07) is 24.3. The van der Waals surface area contributed by atoms with Crippen LogP contribution in [0.1, 0.15) is 31.2 Å². The highest BCUT2D eigenvalue weighted by atomic mass is 32.2. The Bertz CT molecular complexity index is 1440. The van der Waals surface area contributed by atoms with E-state index in [0.717, 1.165) is 54.0 Å². The minimum Gasteiger partial charge on any atom is -0.457 e. The van der Waals surface area contributed by atoms with Crippen LogP contribution in [0, 0.1) is 0 Å². The van der Waals surface area contributed by atoms with Gasteiger partial charge in [-0.3, -0.25) is 5.43 Å². The molecule has 9 heteroatoms. The van der Waals surface area contributed by atoms with Crippen LogP contribution >= 0.6 is 11.3 Å². The van der Waals surface area contributed by atoms with Crippen molar-refractivity contribution in [2.24, 2.45) is 5.10 Å². The Morgan fingerprint density at radius 2 is 1.62 bits per heavy atom. The molecule has 5 rings (SSSR count). The van der Waals surface area contributed by atoms with Crippen LogP contribution in [0.15, 0.2) is 94.2 Å². The molecule has 2 heterocycles. The first-order valence-corrected chi connectivity index (χ1v) is 14.6. The summed E-state index contributed by atoms with van der Waals surface area (Å²) in [7, 11) is -3.46. The Kier molecular flexibility index (Phi) is 7.93. The Balaban J connectivity index is 1.21. The van der Waals surface area contributed by atoms with Gasteiger partial charge in [-0.1, -0.05) is 55.3 Å². The van der Waals surface area contributed by atoms with Gasteiger partial charge >= 0.3 is 0 Å². The van der Waals surface area contributed by atoms with E-state index in [2.05, 4.69) is 15.5 Å². The van der Waals surface area contributed by atoms with Crippen molar-refractivity contribution in [3.63, 3.8) is 0 Å². The number of thiazole rings is 1. The van der Waals surface area contributed by atoms with Crippen molar-refractivity contribution in [1.82, 2.24) is 9.29 Å². The van der Waals surface area contributed by atoms with Crippen LogP contribution in [0.25, 0.3) is 11.3 Å². The summed E-state index contributed by atoms with van der Waals surface area (Å²) in [5.74, 6) is 1.51. The van der Waals surface area contributed by atoms with Crippen molar-refractivity contribution in [2.75, 3.05) is 18.5 Å². The number of sulfonamides is 1. The number of hydrogen-bond acceptors (Lipinski definition) is 7. The number of aromatic nitrogens is 1. The van der Waals surface area contributed by atoms with Crippen LogP contribution in [-0.2, 0) is 10.0 Å². The van der Waals surface area contributed by atoms with Crippen LogP contribution in [0.3, 0.4) is 0 Å². The average molecular weight is 533 g/mol. The fraction of sp³-hybridized carbons (Fsp3) is 0.214. The Morgan fingerprint density at radius 1 is 0.892 bits per heavy atom. The first-order valence-electron chi connectivity index (χ1n) is 12.3. The molecular weight excluding hydrogens is 504 g/mol. The van der Waals surface area contributed by atoms with Crippen LogP contribution in [0.4, 0.5) is 5.13 Å². The average Bonchev–Trinajstić information content (AvgIpc) is 3.21. The maximum Gasteiger partial charge on any atom is 0.243 e. The normalized spacial score (nSPS) is 14.9. The summed E-state index contributed by atoms with van der Waals surface area (Å²) in [6.45, 7) is 1.19. The smallest absolute Gasteiger partial charge is 0.243 e. The van der Waals surface area contributed by atoms with Gasteiger partial charge in [0, 0.05) is 24.0 Å². The third kappa shape index (κ3) is 6.43. The van der Waals surface area contributed by atoms with Gasteiger partial charge in [-0.2, -0.15) is 9.41 Å². The number of nitrogens with one attached hydrogen (secondary N) is 1. The van der Waals surface area contributed by atoms with E-state index in [1.807, 2.05) is 72.1 Å². The molecule has 37 heavy (non-hydrogen) atoms. The molecule has 0 unspecified atom stereocenters. The molecule has 0 bridgehead atoms. The zero-order chi connectivity index (χ0) is 25.5. The zero-order valence-corrected chi connectivity index (χ0v) is 21.9. The third-order valence-corrected chi connectivity index (χ3v) is 8.73. The minimum absolute atomic E-state index is 0.329. The van der Waals surface area contributed by atoms with E-state index >= 15 is 0 Å². The number of benzene rings is 3. The molecule has 0 radical (unpaired) electrons. The number of para-hydroxylation sites is 1. The van der Waals surface area contributed by atoms with Crippen LogP contribution in [0.2, 0.25) is 0 Å². The fourth-order valence-corrected chi connectivity index (χ4v) is 6.32. The quantitative estimate of drug-likeness (QED) is 0.204. The second-order valence-electron chi connectivity index (χ2n) is 8.74. The van der Waals surface area contributed by atoms with Gasteiger partial charge in [-0.25, -0.2) is 13.4 Å². The number of ether oxygens (including phenoxy) is 1. The summed E-state index contributed by atoms with van der Waals surface area (Å²) in [5.41, 5.74) is 5.48. The van der Waals surface area contributed by atoms with Gasteiger partial charge in [-0.15, -0.1) is 11.3 Å². The van der Waals surface area contributed by atoms with Gasteiger partial charge in [0.2, 0.25) is 15.2 Å². The summed E-state index contributed by atoms with van der Waals surface area (Å²) < 4.78 is 33.5. The maximum atomic E-state index is 13.0. The number of rotatable bonds is 8. The lowest BCUT2D eigenvalue weighted by Crippen LogP contribution is -2.31. The predicted octanol–water partition coefficient (Wildman–Crippen LogP) is 6.61. The Hall–Kier alpha value is -3.53. The number of hydrazone groups is 1. The molecule has 0 saturated carbocycles. The highest BCUT2D eigenvalue weighted by Crippen LogP contribution is 2.27. The summed E-state index contributed by atoms with van der Waals surface area (Å²) >= 11 is 1.43. The van der Waals surface area contributed by atoms with E-state index in [0.29, 0.717) is 23.1 Å². The van der Waals surface area contributed by atoms with E-state index in [1.54, 1.807) is 22.7 Å². The van der Waals surface area contributed by atoms with E-state index < -0.39 is 10.0 Å². The molecule has 7 nitrogen and oxygen atoms in total. The topological polar surface area (TPSA) is 83.9 Å². The second kappa shape index (κ2) is 11.7. The van der Waals surface area contributed by atoms with Gasteiger partial charge in [0.1, 0.15) is 11.5 Å². The monoisotopic (exact) mass is 532 g/mol. The predicted molar refractivity (Wildman–Crippen MR) is 149 cm³/mol. The van der Waals surface area contributed by atoms with E-state index in [4.69, 9.17) is 4.74 Å². The number of hydrogen-bond donors (Lipinski definition) is 1. The lowest BCUT2D eigenvalue weighted by atomic mass is 10.2. The van der Waals surface area contributed by atoms with Gasteiger partial charge in [0.15, 0.2) is 0 Å². The molecule has 1 aliphatic heterocycles. The lowest BCUT2D eigenvalue weighted by molar-refractivity contribution is 0.424. The first-order chi connectivity index (χ1) is 18.1. The van der Waals surface area contributed by atoms with Gasteiger partial charge in [0.25, 0.3) is 0 Å². The molecule has 0 atom stereocenters. The highest BCUT2D eigenvalue weighted by molar-refractivity contribution is 7.89. The van der Waals surface area contributed by atoms with Crippen LogP contribution < -0.4 is 10.2 Å². The van der Waals surface area contributed by atoms with E-state index in [-0.39, 0.29) is 0 Å².